The van der Waals surface area contributed by atoms with Crippen molar-refractivity contribution in [3.05, 3.63) is 65.4 Å². The Morgan fingerprint density at radius 2 is 1.95 bits per heavy atom. The average molecular weight is 285 g/mol. The molecule has 0 radical (unpaired) electrons. The lowest BCUT2D eigenvalue weighted by Crippen LogP contribution is -2.00. The topological polar surface area (TPSA) is 48.1 Å². The molecule has 3 aromatic rings. The summed E-state index contributed by atoms with van der Waals surface area (Å²) in [6, 6.07) is 15.3. The van der Waals surface area contributed by atoms with E-state index >= 15 is 0 Å². The zero-order chi connectivity index (χ0) is 13.9. The molecule has 0 aliphatic carbocycles. The lowest BCUT2D eigenvalue weighted by molar-refractivity contribution is 0.303. The summed E-state index contributed by atoms with van der Waals surface area (Å²) >= 11 is 6.09. The van der Waals surface area contributed by atoms with Gasteiger partial charge in [0.1, 0.15) is 12.4 Å². The molecule has 20 heavy (non-hydrogen) atoms. The van der Waals surface area contributed by atoms with Crippen LogP contribution in [0.1, 0.15) is 5.69 Å². The SMILES string of the molecule is Nc1ccc(OCc2nccc3ccccc23)c(Cl)c1. The molecule has 0 atom stereocenters. The summed E-state index contributed by atoms with van der Waals surface area (Å²) in [4.78, 5) is 4.38. The molecule has 0 bridgehead atoms. The average Bonchev–Trinajstić information content (AvgIpc) is 2.46. The molecule has 0 saturated heterocycles. The largest absolute Gasteiger partial charge is 0.486 e. The van der Waals surface area contributed by atoms with Crippen LogP contribution in [0.15, 0.2) is 54.7 Å². The molecular weight excluding hydrogens is 272 g/mol. The van der Waals surface area contributed by atoms with Gasteiger partial charge in [-0.05, 0) is 29.7 Å². The number of anilines is 1. The molecule has 1 heterocycles. The third-order valence-corrected chi connectivity index (χ3v) is 3.37. The van der Waals surface area contributed by atoms with Crippen LogP contribution < -0.4 is 10.5 Å². The van der Waals surface area contributed by atoms with Gasteiger partial charge in [0, 0.05) is 17.3 Å². The Balaban J connectivity index is 1.87. The zero-order valence-electron chi connectivity index (χ0n) is 10.7. The van der Waals surface area contributed by atoms with Gasteiger partial charge in [0.15, 0.2) is 0 Å². The van der Waals surface area contributed by atoms with E-state index in [0.29, 0.717) is 23.1 Å². The Bertz CT molecular complexity index is 753. The first-order valence-corrected chi connectivity index (χ1v) is 6.62. The van der Waals surface area contributed by atoms with E-state index in [2.05, 4.69) is 11.1 Å². The van der Waals surface area contributed by atoms with Gasteiger partial charge in [0.2, 0.25) is 0 Å². The van der Waals surface area contributed by atoms with Crippen LogP contribution in [-0.2, 0) is 6.61 Å². The summed E-state index contributed by atoms with van der Waals surface area (Å²) in [6.07, 6.45) is 1.78. The van der Waals surface area contributed by atoms with Gasteiger partial charge in [-0.2, -0.15) is 0 Å². The summed E-state index contributed by atoms with van der Waals surface area (Å²) in [5.41, 5.74) is 7.16. The van der Waals surface area contributed by atoms with E-state index in [-0.39, 0.29) is 0 Å². The van der Waals surface area contributed by atoms with Gasteiger partial charge in [0.05, 0.1) is 10.7 Å². The Labute approximate surface area is 122 Å². The van der Waals surface area contributed by atoms with Crippen LogP contribution in [0.3, 0.4) is 0 Å². The van der Waals surface area contributed by atoms with Crippen LogP contribution in [0.2, 0.25) is 5.02 Å². The summed E-state index contributed by atoms with van der Waals surface area (Å²) in [6.45, 7) is 0.366. The van der Waals surface area contributed by atoms with Gasteiger partial charge in [0.25, 0.3) is 0 Å². The fourth-order valence-electron chi connectivity index (χ4n) is 2.08. The number of nitrogens with two attached hydrogens (primary N) is 1. The monoisotopic (exact) mass is 284 g/mol. The van der Waals surface area contributed by atoms with Gasteiger partial charge < -0.3 is 10.5 Å². The highest BCUT2D eigenvalue weighted by atomic mass is 35.5. The minimum absolute atomic E-state index is 0.366. The molecule has 100 valence electrons. The quantitative estimate of drug-likeness (QED) is 0.738. The molecule has 1 aromatic heterocycles. The van der Waals surface area contributed by atoms with Gasteiger partial charge in [-0.3, -0.25) is 4.98 Å². The molecule has 0 aliphatic rings. The van der Waals surface area contributed by atoms with E-state index in [1.807, 2.05) is 24.3 Å². The Kier molecular flexibility index (Phi) is 3.44. The number of pyridine rings is 1. The second kappa shape index (κ2) is 5.39. The summed E-state index contributed by atoms with van der Waals surface area (Å²) in [5, 5.41) is 2.73. The molecule has 0 fully saturated rings. The number of nitrogens with zero attached hydrogens (tertiary/aromatic N) is 1. The van der Waals surface area contributed by atoms with Crippen LogP contribution in [0, 0.1) is 0 Å². The molecule has 2 aromatic carbocycles. The molecule has 0 aliphatic heterocycles. The maximum Gasteiger partial charge on any atom is 0.138 e. The molecule has 0 unspecified atom stereocenters. The van der Waals surface area contributed by atoms with Crippen molar-refractivity contribution in [1.29, 1.82) is 0 Å². The van der Waals surface area contributed by atoms with Crippen molar-refractivity contribution in [2.75, 3.05) is 5.73 Å². The number of benzene rings is 2. The van der Waals surface area contributed by atoms with Crippen molar-refractivity contribution in [3.63, 3.8) is 0 Å². The number of hydrogen-bond donors (Lipinski definition) is 1. The van der Waals surface area contributed by atoms with Crippen molar-refractivity contribution in [1.82, 2.24) is 4.98 Å². The van der Waals surface area contributed by atoms with Gasteiger partial charge in [-0.15, -0.1) is 0 Å². The van der Waals surface area contributed by atoms with E-state index in [0.717, 1.165) is 16.5 Å². The summed E-state index contributed by atoms with van der Waals surface area (Å²) < 4.78 is 5.74. The highest BCUT2D eigenvalue weighted by Gasteiger charge is 2.05. The van der Waals surface area contributed by atoms with Crippen LogP contribution in [0.5, 0.6) is 5.75 Å². The second-order valence-corrected chi connectivity index (χ2v) is 4.86. The lowest BCUT2D eigenvalue weighted by Gasteiger charge is -2.09. The lowest BCUT2D eigenvalue weighted by atomic mass is 10.1. The van der Waals surface area contributed by atoms with Gasteiger partial charge >= 0.3 is 0 Å². The molecule has 0 saturated carbocycles. The number of fused-ring (bicyclic) bond motifs is 1. The minimum Gasteiger partial charge on any atom is -0.486 e. The fourth-order valence-corrected chi connectivity index (χ4v) is 2.32. The molecule has 3 rings (SSSR count). The smallest absolute Gasteiger partial charge is 0.138 e. The van der Waals surface area contributed by atoms with Crippen molar-refractivity contribution in [3.8, 4) is 5.75 Å². The number of halogens is 1. The highest BCUT2D eigenvalue weighted by Crippen LogP contribution is 2.27. The van der Waals surface area contributed by atoms with Crippen LogP contribution >= 0.6 is 11.6 Å². The maximum absolute atomic E-state index is 6.09. The molecule has 0 amide bonds. The zero-order valence-corrected chi connectivity index (χ0v) is 11.5. The van der Waals surface area contributed by atoms with E-state index in [9.17, 15) is 0 Å². The molecule has 4 heteroatoms. The van der Waals surface area contributed by atoms with Crippen LogP contribution in [0.25, 0.3) is 10.8 Å². The third-order valence-electron chi connectivity index (χ3n) is 3.08. The minimum atomic E-state index is 0.366. The first kappa shape index (κ1) is 12.8. The molecule has 2 N–H and O–H groups in total. The number of nitrogen functional groups attached to an aromatic ring is 1. The van der Waals surface area contributed by atoms with Crippen molar-refractivity contribution in [2.45, 2.75) is 6.61 Å². The highest BCUT2D eigenvalue weighted by molar-refractivity contribution is 6.32. The standard InChI is InChI=1S/C16H13ClN2O/c17-14-9-12(18)5-6-16(14)20-10-15-13-4-2-1-3-11(13)7-8-19-15/h1-9H,10,18H2. The van der Waals surface area contributed by atoms with Crippen molar-refractivity contribution in [2.24, 2.45) is 0 Å². The first-order valence-electron chi connectivity index (χ1n) is 6.24. The maximum atomic E-state index is 6.09. The number of ether oxygens (including phenoxy) is 1. The van der Waals surface area contributed by atoms with Crippen molar-refractivity contribution < 1.29 is 4.74 Å². The second-order valence-electron chi connectivity index (χ2n) is 4.46. The molecule has 3 nitrogen and oxygen atoms in total. The fraction of sp³-hybridized carbons (Fsp3) is 0.0625. The predicted octanol–water partition coefficient (Wildman–Crippen LogP) is 4.05. The first-order chi connectivity index (χ1) is 9.74. The van der Waals surface area contributed by atoms with Gasteiger partial charge in [-0.1, -0.05) is 35.9 Å². The van der Waals surface area contributed by atoms with E-state index in [1.165, 1.54) is 0 Å². The normalized spacial score (nSPS) is 10.7. The van der Waals surface area contributed by atoms with E-state index in [4.69, 9.17) is 22.1 Å². The van der Waals surface area contributed by atoms with E-state index in [1.54, 1.807) is 24.4 Å². The Hall–Kier alpha value is -2.26. The predicted molar refractivity (Wildman–Crippen MR) is 81.9 cm³/mol. The van der Waals surface area contributed by atoms with Crippen LogP contribution in [0.4, 0.5) is 5.69 Å². The number of rotatable bonds is 3. The molecule has 0 spiro atoms. The van der Waals surface area contributed by atoms with E-state index < -0.39 is 0 Å². The van der Waals surface area contributed by atoms with Crippen LogP contribution in [-0.4, -0.2) is 4.98 Å². The third kappa shape index (κ3) is 2.53. The number of aromatic nitrogens is 1. The van der Waals surface area contributed by atoms with Crippen molar-refractivity contribution >= 4 is 28.1 Å². The summed E-state index contributed by atoms with van der Waals surface area (Å²) in [5.74, 6) is 0.607. The Morgan fingerprint density at radius 3 is 2.80 bits per heavy atom. The summed E-state index contributed by atoms with van der Waals surface area (Å²) in [7, 11) is 0. The molecular formula is C16H13ClN2O. The Morgan fingerprint density at radius 1 is 1.10 bits per heavy atom. The van der Waals surface area contributed by atoms with Gasteiger partial charge in [-0.25, -0.2) is 0 Å². The number of hydrogen-bond acceptors (Lipinski definition) is 3.